The first-order valence-electron chi connectivity index (χ1n) is 8.08. The van der Waals surface area contributed by atoms with Crippen molar-refractivity contribution in [3.63, 3.8) is 0 Å². The lowest BCUT2D eigenvalue weighted by Gasteiger charge is -2.13. The van der Waals surface area contributed by atoms with Crippen molar-refractivity contribution in [2.45, 2.75) is 13.3 Å². The first-order chi connectivity index (χ1) is 12.5. The third-order valence-electron chi connectivity index (χ3n) is 3.66. The number of hydrogen-bond donors (Lipinski definition) is 0. The first-order valence-corrected chi connectivity index (χ1v) is 9.31. The largest absolute Gasteiger partial charge is 0.466 e. The molecule has 0 radical (unpaired) electrons. The number of thioether (sulfide) groups is 1. The number of hydrogen-bond acceptors (Lipinski definition) is 6. The smallest absolute Gasteiger partial charge is 0.302 e. The fourth-order valence-corrected chi connectivity index (χ4v) is 3.74. The predicted molar refractivity (Wildman–Crippen MR) is 105 cm³/mol. The number of thiocarbonyl (C=S) groups is 1. The van der Waals surface area contributed by atoms with Crippen LogP contribution in [-0.4, -0.2) is 34.2 Å². The molecule has 2 aromatic rings. The van der Waals surface area contributed by atoms with Crippen LogP contribution in [0.1, 0.15) is 19.1 Å². The summed E-state index contributed by atoms with van der Waals surface area (Å²) in [6, 6.07) is 13.5. The van der Waals surface area contributed by atoms with E-state index in [1.807, 2.05) is 42.5 Å². The van der Waals surface area contributed by atoms with Gasteiger partial charge in [0.15, 0.2) is 0 Å². The molecule has 0 aliphatic carbocycles. The van der Waals surface area contributed by atoms with Crippen LogP contribution in [0.5, 0.6) is 0 Å². The second-order valence-electron chi connectivity index (χ2n) is 5.59. The fourth-order valence-electron chi connectivity index (χ4n) is 2.45. The standard InChI is InChI=1S/C19H17NO4S2/c1-13(21)23-11-5-10-20-18(22)17(26-19(20)25)12-15-8-9-16(24-15)14-6-3-2-4-7-14/h2-4,6-9,12H,5,10-11H2,1H3. The Balaban J connectivity index is 1.66. The van der Waals surface area contributed by atoms with Gasteiger partial charge in [0.05, 0.1) is 11.5 Å². The third-order valence-corrected chi connectivity index (χ3v) is 5.04. The van der Waals surface area contributed by atoms with E-state index in [0.717, 1.165) is 11.3 Å². The molecule has 3 rings (SSSR count). The minimum atomic E-state index is -0.331. The number of carbonyl (C=O) groups excluding carboxylic acids is 2. The lowest BCUT2D eigenvalue weighted by molar-refractivity contribution is -0.141. The number of amides is 1. The van der Waals surface area contributed by atoms with Crippen LogP contribution in [0.2, 0.25) is 0 Å². The van der Waals surface area contributed by atoms with Crippen LogP contribution >= 0.6 is 24.0 Å². The molecule has 7 heteroatoms. The van der Waals surface area contributed by atoms with E-state index in [9.17, 15) is 9.59 Å². The molecule has 1 aromatic carbocycles. The summed E-state index contributed by atoms with van der Waals surface area (Å²) in [6.07, 6.45) is 2.25. The molecule has 1 aliphatic rings. The van der Waals surface area contributed by atoms with Crippen molar-refractivity contribution in [1.82, 2.24) is 4.90 Å². The number of nitrogens with zero attached hydrogens (tertiary/aromatic N) is 1. The topological polar surface area (TPSA) is 59.8 Å². The van der Waals surface area contributed by atoms with Gasteiger partial charge in [-0.3, -0.25) is 14.5 Å². The Morgan fingerprint density at radius 3 is 2.77 bits per heavy atom. The van der Waals surface area contributed by atoms with Crippen LogP contribution in [0, 0.1) is 0 Å². The third kappa shape index (κ3) is 4.42. The van der Waals surface area contributed by atoms with Crippen LogP contribution in [0.25, 0.3) is 17.4 Å². The summed E-state index contributed by atoms with van der Waals surface area (Å²) in [7, 11) is 0. The molecule has 1 amide bonds. The van der Waals surface area contributed by atoms with E-state index in [1.165, 1.54) is 23.6 Å². The molecule has 1 fully saturated rings. The van der Waals surface area contributed by atoms with Gasteiger partial charge >= 0.3 is 5.97 Å². The summed E-state index contributed by atoms with van der Waals surface area (Å²) in [5.41, 5.74) is 0.977. The number of rotatable bonds is 6. The maximum Gasteiger partial charge on any atom is 0.302 e. The summed E-state index contributed by atoms with van der Waals surface area (Å²) in [6.45, 7) is 2.04. The molecule has 2 heterocycles. The number of esters is 1. The number of furan rings is 1. The molecular weight excluding hydrogens is 370 g/mol. The van der Waals surface area contributed by atoms with E-state index in [0.29, 0.717) is 28.0 Å². The Bertz CT molecular complexity index is 857. The SMILES string of the molecule is CC(=O)OCCCN1C(=O)C(=Cc2ccc(-c3ccccc3)o2)SC1=S. The second kappa shape index (κ2) is 8.33. The Kier molecular flexibility index (Phi) is 5.90. The predicted octanol–water partition coefficient (Wildman–Crippen LogP) is 4.10. The lowest BCUT2D eigenvalue weighted by atomic mass is 10.2. The molecule has 0 atom stereocenters. The summed E-state index contributed by atoms with van der Waals surface area (Å²) in [5, 5.41) is 0. The zero-order valence-corrected chi connectivity index (χ0v) is 15.8. The highest BCUT2D eigenvalue weighted by Crippen LogP contribution is 2.33. The highest BCUT2D eigenvalue weighted by atomic mass is 32.2. The molecule has 0 spiro atoms. The van der Waals surface area contributed by atoms with Gasteiger partial charge in [-0.05, 0) is 18.6 Å². The average molecular weight is 387 g/mol. The second-order valence-corrected chi connectivity index (χ2v) is 7.27. The minimum Gasteiger partial charge on any atom is -0.466 e. The molecule has 0 N–H and O–H groups in total. The highest BCUT2D eigenvalue weighted by Gasteiger charge is 2.31. The normalized spacial score (nSPS) is 15.7. The van der Waals surface area contributed by atoms with Crippen molar-refractivity contribution in [3.8, 4) is 11.3 Å². The molecule has 1 saturated heterocycles. The van der Waals surface area contributed by atoms with Gasteiger partial charge in [0, 0.05) is 25.1 Å². The van der Waals surface area contributed by atoms with Crippen molar-refractivity contribution in [2.75, 3.05) is 13.2 Å². The molecule has 134 valence electrons. The van der Waals surface area contributed by atoms with Crippen molar-refractivity contribution in [2.24, 2.45) is 0 Å². The van der Waals surface area contributed by atoms with Crippen molar-refractivity contribution >= 4 is 46.3 Å². The quantitative estimate of drug-likeness (QED) is 0.322. The molecule has 0 bridgehead atoms. The lowest BCUT2D eigenvalue weighted by Crippen LogP contribution is -2.29. The van der Waals surface area contributed by atoms with Gasteiger partial charge in [-0.25, -0.2) is 0 Å². The van der Waals surface area contributed by atoms with Crippen LogP contribution in [0.3, 0.4) is 0 Å². The van der Waals surface area contributed by atoms with Crippen LogP contribution in [0.4, 0.5) is 0 Å². The van der Waals surface area contributed by atoms with Gasteiger partial charge in [0.25, 0.3) is 5.91 Å². The van der Waals surface area contributed by atoms with Crippen molar-refractivity contribution in [1.29, 1.82) is 0 Å². The molecule has 26 heavy (non-hydrogen) atoms. The Labute approximate surface area is 161 Å². The summed E-state index contributed by atoms with van der Waals surface area (Å²) < 4.78 is 11.2. The maximum atomic E-state index is 12.5. The molecule has 5 nitrogen and oxygen atoms in total. The van der Waals surface area contributed by atoms with Gasteiger partial charge in [-0.15, -0.1) is 0 Å². The Morgan fingerprint density at radius 1 is 1.27 bits per heavy atom. The summed E-state index contributed by atoms with van der Waals surface area (Å²) >= 11 is 6.53. The Hall–Kier alpha value is -2.38. The van der Waals surface area contributed by atoms with E-state index in [1.54, 1.807) is 6.08 Å². The molecule has 1 aromatic heterocycles. The highest BCUT2D eigenvalue weighted by molar-refractivity contribution is 8.26. The van der Waals surface area contributed by atoms with Crippen molar-refractivity contribution in [3.05, 3.63) is 53.1 Å². The minimum absolute atomic E-state index is 0.152. The number of benzene rings is 1. The van der Waals surface area contributed by atoms with Gasteiger partial charge in [0.1, 0.15) is 15.8 Å². The first kappa shape index (κ1) is 18.4. The van der Waals surface area contributed by atoms with Gasteiger partial charge in [0.2, 0.25) is 0 Å². The monoisotopic (exact) mass is 387 g/mol. The molecule has 1 aliphatic heterocycles. The van der Waals surface area contributed by atoms with E-state index in [-0.39, 0.29) is 18.5 Å². The number of carbonyl (C=O) groups is 2. The zero-order valence-electron chi connectivity index (χ0n) is 14.1. The molecular formula is C19H17NO4S2. The summed E-state index contributed by atoms with van der Waals surface area (Å²) in [5.74, 6) is 0.862. The number of ether oxygens (including phenoxy) is 1. The Morgan fingerprint density at radius 2 is 2.04 bits per heavy atom. The van der Waals surface area contributed by atoms with Gasteiger partial charge < -0.3 is 9.15 Å². The van der Waals surface area contributed by atoms with E-state index in [2.05, 4.69) is 0 Å². The maximum absolute atomic E-state index is 12.5. The van der Waals surface area contributed by atoms with Gasteiger partial charge in [-0.2, -0.15) is 0 Å². The van der Waals surface area contributed by atoms with Crippen LogP contribution < -0.4 is 0 Å². The van der Waals surface area contributed by atoms with Gasteiger partial charge in [-0.1, -0.05) is 54.3 Å². The van der Waals surface area contributed by atoms with E-state index < -0.39 is 0 Å². The average Bonchev–Trinajstić information content (AvgIpc) is 3.19. The van der Waals surface area contributed by atoms with E-state index >= 15 is 0 Å². The van der Waals surface area contributed by atoms with Crippen LogP contribution in [0.15, 0.2) is 51.8 Å². The summed E-state index contributed by atoms with van der Waals surface area (Å²) in [4.78, 5) is 25.3. The van der Waals surface area contributed by atoms with Crippen molar-refractivity contribution < 1.29 is 18.7 Å². The fraction of sp³-hybridized carbons (Fsp3) is 0.211. The molecule has 0 unspecified atom stereocenters. The van der Waals surface area contributed by atoms with E-state index in [4.69, 9.17) is 21.4 Å². The zero-order chi connectivity index (χ0) is 18.5. The molecule has 0 saturated carbocycles. The van der Waals surface area contributed by atoms with Crippen LogP contribution in [-0.2, 0) is 14.3 Å².